The molecular formula is C18H21NO6S. The van der Waals surface area contributed by atoms with Crippen molar-refractivity contribution in [2.45, 2.75) is 26.3 Å². The fourth-order valence-electron chi connectivity index (χ4n) is 2.40. The Balaban J connectivity index is 2.04. The lowest BCUT2D eigenvalue weighted by atomic mass is 10.1. The van der Waals surface area contributed by atoms with Gasteiger partial charge in [-0.25, -0.2) is 9.59 Å². The largest absolute Gasteiger partial charge is 0.484 e. The Bertz CT molecular complexity index is 876. The van der Waals surface area contributed by atoms with E-state index < -0.39 is 23.5 Å². The third-order valence-corrected chi connectivity index (χ3v) is 4.69. The summed E-state index contributed by atoms with van der Waals surface area (Å²) in [5.74, 6) is -0.624. The molecule has 26 heavy (non-hydrogen) atoms. The molecule has 0 fully saturated rings. The van der Waals surface area contributed by atoms with Crippen LogP contribution in [0.1, 0.15) is 17.5 Å². The van der Waals surface area contributed by atoms with E-state index in [0.717, 1.165) is 10.9 Å². The first-order valence-electron chi connectivity index (χ1n) is 8.01. The quantitative estimate of drug-likeness (QED) is 0.677. The Morgan fingerprint density at radius 3 is 2.69 bits per heavy atom. The molecule has 1 amide bonds. The first-order valence-corrected chi connectivity index (χ1v) is 9.40. The number of nitrogens with one attached hydrogen (secondary N) is 1. The Kier molecular flexibility index (Phi) is 6.68. The van der Waals surface area contributed by atoms with E-state index in [1.54, 1.807) is 25.1 Å². The molecule has 0 aliphatic heterocycles. The zero-order valence-corrected chi connectivity index (χ0v) is 15.6. The van der Waals surface area contributed by atoms with Crippen molar-refractivity contribution in [3.63, 3.8) is 0 Å². The summed E-state index contributed by atoms with van der Waals surface area (Å²) in [6, 6.07) is 4.02. The van der Waals surface area contributed by atoms with Crippen molar-refractivity contribution >= 4 is 34.6 Å². The number of benzene rings is 1. The molecule has 0 aliphatic rings. The average Bonchev–Trinajstić information content (AvgIpc) is 2.61. The van der Waals surface area contributed by atoms with Crippen LogP contribution in [0.15, 0.2) is 27.4 Å². The maximum atomic E-state index is 11.9. The van der Waals surface area contributed by atoms with Crippen LogP contribution in [0, 0.1) is 13.8 Å². The normalized spacial score (nSPS) is 12.0. The number of thioether (sulfide) groups is 1. The van der Waals surface area contributed by atoms with Gasteiger partial charge in [0.1, 0.15) is 17.4 Å². The summed E-state index contributed by atoms with van der Waals surface area (Å²) >= 11 is 1.51. The van der Waals surface area contributed by atoms with E-state index in [1.165, 1.54) is 11.8 Å². The van der Waals surface area contributed by atoms with Gasteiger partial charge in [0.2, 0.25) is 0 Å². The molecular weight excluding hydrogens is 358 g/mol. The molecule has 0 radical (unpaired) electrons. The second-order valence-electron chi connectivity index (χ2n) is 5.83. The summed E-state index contributed by atoms with van der Waals surface area (Å²) in [7, 11) is 0. The lowest BCUT2D eigenvalue weighted by Crippen LogP contribution is -2.43. The number of aryl methyl sites for hydroxylation is 1. The molecule has 0 unspecified atom stereocenters. The Labute approximate surface area is 154 Å². The van der Waals surface area contributed by atoms with Gasteiger partial charge in [0.15, 0.2) is 6.61 Å². The predicted octanol–water partition coefficient (Wildman–Crippen LogP) is 2.11. The number of hydrogen-bond donors (Lipinski definition) is 2. The van der Waals surface area contributed by atoms with E-state index in [-0.39, 0.29) is 6.61 Å². The molecule has 0 spiro atoms. The van der Waals surface area contributed by atoms with Crippen LogP contribution in [-0.2, 0) is 9.59 Å². The maximum absolute atomic E-state index is 11.9. The monoisotopic (exact) mass is 379 g/mol. The minimum atomic E-state index is -1.08. The van der Waals surface area contributed by atoms with Gasteiger partial charge in [-0.05, 0) is 50.0 Å². The molecule has 2 N–H and O–H groups in total. The maximum Gasteiger partial charge on any atom is 0.339 e. The fourth-order valence-corrected chi connectivity index (χ4v) is 2.87. The molecule has 1 heterocycles. The van der Waals surface area contributed by atoms with Gasteiger partial charge in [-0.2, -0.15) is 11.8 Å². The summed E-state index contributed by atoms with van der Waals surface area (Å²) in [6.45, 7) is 3.21. The number of amides is 1. The summed E-state index contributed by atoms with van der Waals surface area (Å²) in [6.07, 6.45) is 2.20. The topological polar surface area (TPSA) is 106 Å². The van der Waals surface area contributed by atoms with Gasteiger partial charge in [-0.15, -0.1) is 0 Å². The van der Waals surface area contributed by atoms with Crippen molar-refractivity contribution in [3.05, 3.63) is 39.7 Å². The molecule has 7 nitrogen and oxygen atoms in total. The Hall–Kier alpha value is -2.48. The van der Waals surface area contributed by atoms with Crippen LogP contribution in [0.4, 0.5) is 0 Å². The summed E-state index contributed by atoms with van der Waals surface area (Å²) < 4.78 is 10.6. The van der Waals surface area contributed by atoms with Crippen molar-refractivity contribution in [1.82, 2.24) is 5.32 Å². The van der Waals surface area contributed by atoms with E-state index in [4.69, 9.17) is 14.3 Å². The molecule has 1 atom stereocenters. The molecule has 2 rings (SSSR count). The number of carboxylic acid groups (broad SMARTS) is 1. The van der Waals surface area contributed by atoms with Crippen LogP contribution >= 0.6 is 11.8 Å². The molecule has 0 saturated heterocycles. The first kappa shape index (κ1) is 19.8. The number of ether oxygens (including phenoxy) is 1. The molecule has 2 aromatic rings. The fraction of sp³-hybridized carbons (Fsp3) is 0.389. The van der Waals surface area contributed by atoms with E-state index in [2.05, 4.69) is 5.32 Å². The van der Waals surface area contributed by atoms with Gasteiger partial charge in [0, 0.05) is 17.0 Å². The van der Waals surface area contributed by atoms with Crippen molar-refractivity contribution in [1.29, 1.82) is 0 Å². The van der Waals surface area contributed by atoms with Gasteiger partial charge < -0.3 is 19.6 Å². The van der Waals surface area contributed by atoms with Crippen LogP contribution in [0.2, 0.25) is 0 Å². The SMILES string of the molecule is CSCC[C@@H](NC(=O)COc1ccc2c(C)c(C)c(=O)oc2c1)C(=O)O. The van der Waals surface area contributed by atoms with Crippen molar-refractivity contribution in [2.24, 2.45) is 0 Å². The zero-order valence-electron chi connectivity index (χ0n) is 14.8. The standard InChI is InChI=1S/C18H21NO6S/c1-10-11(2)18(23)25-15-8-12(4-5-13(10)15)24-9-16(20)19-14(17(21)22)6-7-26-3/h4-5,8,14H,6-7,9H2,1-3H3,(H,19,20)(H,21,22)/t14-/m1/s1. The average molecular weight is 379 g/mol. The number of aliphatic carboxylic acids is 1. The third kappa shape index (κ3) is 4.78. The molecule has 0 saturated carbocycles. The lowest BCUT2D eigenvalue weighted by Gasteiger charge is -2.14. The number of rotatable bonds is 8. The molecule has 1 aromatic carbocycles. The van der Waals surface area contributed by atoms with Gasteiger partial charge in [-0.1, -0.05) is 0 Å². The Morgan fingerprint density at radius 2 is 2.04 bits per heavy atom. The van der Waals surface area contributed by atoms with Crippen molar-refractivity contribution < 1.29 is 23.8 Å². The first-order chi connectivity index (χ1) is 12.3. The van der Waals surface area contributed by atoms with Crippen LogP contribution in [0.5, 0.6) is 5.75 Å². The highest BCUT2D eigenvalue weighted by Gasteiger charge is 2.19. The highest BCUT2D eigenvalue weighted by atomic mass is 32.2. The van der Waals surface area contributed by atoms with Crippen LogP contribution in [0.25, 0.3) is 11.0 Å². The van der Waals surface area contributed by atoms with E-state index >= 15 is 0 Å². The van der Waals surface area contributed by atoms with Crippen molar-refractivity contribution in [2.75, 3.05) is 18.6 Å². The zero-order chi connectivity index (χ0) is 19.3. The van der Waals surface area contributed by atoms with E-state index in [0.29, 0.717) is 29.1 Å². The van der Waals surface area contributed by atoms with Crippen LogP contribution in [0.3, 0.4) is 0 Å². The van der Waals surface area contributed by atoms with Crippen LogP contribution in [-0.4, -0.2) is 41.6 Å². The minimum absolute atomic E-state index is 0.330. The molecule has 8 heteroatoms. The summed E-state index contributed by atoms with van der Waals surface area (Å²) in [5.41, 5.74) is 1.34. The lowest BCUT2D eigenvalue weighted by molar-refractivity contribution is -0.142. The second-order valence-corrected chi connectivity index (χ2v) is 6.81. The number of fused-ring (bicyclic) bond motifs is 1. The predicted molar refractivity (Wildman–Crippen MR) is 100 cm³/mol. The number of hydrogen-bond acceptors (Lipinski definition) is 6. The van der Waals surface area contributed by atoms with Gasteiger partial charge in [0.05, 0.1) is 0 Å². The smallest absolute Gasteiger partial charge is 0.339 e. The highest BCUT2D eigenvalue weighted by molar-refractivity contribution is 7.98. The van der Waals surface area contributed by atoms with E-state index in [1.807, 2.05) is 13.2 Å². The number of carbonyl (C=O) groups excluding carboxylic acids is 1. The van der Waals surface area contributed by atoms with Gasteiger partial charge >= 0.3 is 11.6 Å². The van der Waals surface area contributed by atoms with Gasteiger partial charge in [-0.3, -0.25) is 4.79 Å². The van der Waals surface area contributed by atoms with Crippen molar-refractivity contribution in [3.8, 4) is 5.75 Å². The number of carboxylic acids is 1. The summed E-state index contributed by atoms with van der Waals surface area (Å²) in [5, 5.41) is 12.3. The summed E-state index contributed by atoms with van der Waals surface area (Å²) in [4.78, 5) is 34.9. The third-order valence-electron chi connectivity index (χ3n) is 4.04. The minimum Gasteiger partial charge on any atom is -0.484 e. The van der Waals surface area contributed by atoms with Crippen LogP contribution < -0.4 is 15.7 Å². The molecule has 0 aliphatic carbocycles. The molecule has 1 aromatic heterocycles. The second kappa shape index (κ2) is 8.75. The molecule has 140 valence electrons. The molecule has 0 bridgehead atoms. The van der Waals surface area contributed by atoms with Gasteiger partial charge in [0.25, 0.3) is 5.91 Å². The number of carbonyl (C=O) groups is 2. The highest BCUT2D eigenvalue weighted by Crippen LogP contribution is 2.23. The van der Waals surface area contributed by atoms with E-state index in [9.17, 15) is 14.4 Å². The Morgan fingerprint density at radius 1 is 1.31 bits per heavy atom.